The molecule has 4 nitrogen and oxygen atoms in total. The lowest BCUT2D eigenvalue weighted by Gasteiger charge is -2.42. The fourth-order valence-corrected chi connectivity index (χ4v) is 3.16. The number of rotatable bonds is 2. The molecule has 124 valence electrons. The number of carbonyl (C=O) groups is 2. The molecule has 1 aliphatic rings. The van der Waals surface area contributed by atoms with Gasteiger partial charge in [0.1, 0.15) is 12.1 Å². The molecular formula is C18H16Cl2N2O2. The van der Waals surface area contributed by atoms with Gasteiger partial charge in [-0.05, 0) is 62.4 Å². The molecule has 24 heavy (non-hydrogen) atoms. The van der Waals surface area contributed by atoms with Crippen molar-refractivity contribution in [3.8, 4) is 0 Å². The maximum Gasteiger partial charge on any atom is 0.250 e. The van der Waals surface area contributed by atoms with Crippen LogP contribution in [0.4, 0.5) is 11.4 Å². The molecule has 1 saturated heterocycles. The first-order valence-corrected chi connectivity index (χ1v) is 8.33. The first-order chi connectivity index (χ1) is 11.4. The maximum absolute atomic E-state index is 12.9. The lowest BCUT2D eigenvalue weighted by Crippen LogP contribution is -2.63. The molecular weight excluding hydrogens is 347 g/mol. The molecule has 0 unspecified atom stereocenters. The van der Waals surface area contributed by atoms with Gasteiger partial charge in [-0.15, -0.1) is 0 Å². The van der Waals surface area contributed by atoms with Gasteiger partial charge < -0.3 is 0 Å². The molecule has 3 rings (SSSR count). The molecule has 2 amide bonds. The van der Waals surface area contributed by atoms with Gasteiger partial charge in [-0.2, -0.15) is 0 Å². The predicted molar refractivity (Wildman–Crippen MR) is 96.8 cm³/mol. The van der Waals surface area contributed by atoms with Crippen molar-refractivity contribution in [2.45, 2.75) is 25.9 Å². The van der Waals surface area contributed by atoms with Crippen molar-refractivity contribution in [1.82, 2.24) is 0 Å². The zero-order valence-electron chi connectivity index (χ0n) is 13.2. The van der Waals surface area contributed by atoms with E-state index in [4.69, 9.17) is 23.2 Å². The number of hydrogen-bond donors (Lipinski definition) is 0. The fraction of sp³-hybridized carbons (Fsp3) is 0.222. The van der Waals surface area contributed by atoms with Gasteiger partial charge in [0, 0.05) is 21.4 Å². The Morgan fingerprint density at radius 2 is 0.958 bits per heavy atom. The largest absolute Gasteiger partial charge is 0.298 e. The number of anilines is 2. The van der Waals surface area contributed by atoms with Crippen molar-refractivity contribution in [3.05, 3.63) is 58.6 Å². The Hall–Kier alpha value is -2.04. The van der Waals surface area contributed by atoms with Crippen LogP contribution in [-0.4, -0.2) is 23.9 Å². The second-order valence-corrected chi connectivity index (χ2v) is 6.59. The fourth-order valence-electron chi connectivity index (χ4n) is 2.91. The second kappa shape index (κ2) is 6.46. The molecule has 2 aromatic carbocycles. The molecule has 0 bridgehead atoms. The third kappa shape index (κ3) is 2.87. The van der Waals surface area contributed by atoms with E-state index in [0.717, 1.165) is 0 Å². The van der Waals surface area contributed by atoms with E-state index >= 15 is 0 Å². The highest BCUT2D eigenvalue weighted by Gasteiger charge is 2.43. The van der Waals surface area contributed by atoms with Crippen molar-refractivity contribution in [1.29, 1.82) is 0 Å². The maximum atomic E-state index is 12.9. The smallest absolute Gasteiger partial charge is 0.250 e. The van der Waals surface area contributed by atoms with Gasteiger partial charge in [0.25, 0.3) is 11.8 Å². The Balaban J connectivity index is 1.97. The molecule has 0 spiro atoms. The van der Waals surface area contributed by atoms with Crippen molar-refractivity contribution < 1.29 is 9.59 Å². The van der Waals surface area contributed by atoms with E-state index < -0.39 is 12.1 Å². The lowest BCUT2D eigenvalue weighted by molar-refractivity contribution is -0.130. The number of carbonyl (C=O) groups excluding carboxylic acids is 2. The summed E-state index contributed by atoms with van der Waals surface area (Å²) in [4.78, 5) is 28.8. The highest BCUT2D eigenvalue weighted by atomic mass is 35.5. The molecule has 0 aromatic heterocycles. The van der Waals surface area contributed by atoms with Crippen LogP contribution < -0.4 is 9.80 Å². The average molecular weight is 363 g/mol. The molecule has 6 heteroatoms. The van der Waals surface area contributed by atoms with Crippen LogP contribution in [0.15, 0.2) is 48.5 Å². The normalized spacial score (nSPS) is 21.3. The van der Waals surface area contributed by atoms with Crippen molar-refractivity contribution in [2.24, 2.45) is 0 Å². The van der Waals surface area contributed by atoms with E-state index in [9.17, 15) is 9.59 Å². The number of nitrogens with zero attached hydrogens (tertiary/aromatic N) is 2. The third-order valence-electron chi connectivity index (χ3n) is 4.17. The standard InChI is InChI=1S/C18H16Cl2N2O2/c1-11-17(23)22(16-9-5-14(20)6-10-16)12(2)18(24)21(11)15-7-3-13(19)4-8-15/h3-12H,1-2H3/t11-,12+. The number of benzene rings is 2. The van der Waals surface area contributed by atoms with Gasteiger partial charge in [-0.25, -0.2) is 0 Å². The van der Waals surface area contributed by atoms with E-state index in [2.05, 4.69) is 0 Å². The topological polar surface area (TPSA) is 40.6 Å². The van der Waals surface area contributed by atoms with E-state index in [1.54, 1.807) is 62.4 Å². The van der Waals surface area contributed by atoms with E-state index in [-0.39, 0.29) is 11.8 Å². The zero-order chi connectivity index (χ0) is 17.4. The molecule has 1 aliphatic heterocycles. The van der Waals surface area contributed by atoms with Gasteiger partial charge in [-0.3, -0.25) is 19.4 Å². The van der Waals surface area contributed by atoms with Crippen molar-refractivity contribution in [2.75, 3.05) is 9.80 Å². The monoisotopic (exact) mass is 362 g/mol. The van der Waals surface area contributed by atoms with Gasteiger partial charge in [0.15, 0.2) is 0 Å². The highest BCUT2D eigenvalue weighted by molar-refractivity contribution is 6.31. The molecule has 2 atom stereocenters. The van der Waals surface area contributed by atoms with Crippen LogP contribution in [0.2, 0.25) is 10.0 Å². The van der Waals surface area contributed by atoms with Crippen LogP contribution in [0.3, 0.4) is 0 Å². The van der Waals surface area contributed by atoms with Crippen LogP contribution in [0.1, 0.15) is 13.8 Å². The summed E-state index contributed by atoms with van der Waals surface area (Å²) in [5, 5.41) is 1.16. The summed E-state index contributed by atoms with van der Waals surface area (Å²) < 4.78 is 0. The Labute approximate surface area is 150 Å². The molecule has 0 saturated carbocycles. The third-order valence-corrected chi connectivity index (χ3v) is 4.68. The summed E-state index contributed by atoms with van der Waals surface area (Å²) in [6.07, 6.45) is 0. The minimum Gasteiger partial charge on any atom is -0.298 e. The summed E-state index contributed by atoms with van der Waals surface area (Å²) in [7, 11) is 0. The van der Waals surface area contributed by atoms with E-state index in [0.29, 0.717) is 21.4 Å². The quantitative estimate of drug-likeness (QED) is 0.804. The van der Waals surface area contributed by atoms with E-state index in [1.807, 2.05) is 0 Å². The predicted octanol–water partition coefficient (Wildman–Crippen LogP) is 4.15. The van der Waals surface area contributed by atoms with E-state index in [1.165, 1.54) is 9.80 Å². The summed E-state index contributed by atoms with van der Waals surface area (Å²) in [5.74, 6) is -0.279. The highest BCUT2D eigenvalue weighted by Crippen LogP contribution is 2.30. The number of halogens is 2. The van der Waals surface area contributed by atoms with Gasteiger partial charge in [0.2, 0.25) is 0 Å². The molecule has 0 N–H and O–H groups in total. The van der Waals surface area contributed by atoms with Crippen LogP contribution >= 0.6 is 23.2 Å². The van der Waals surface area contributed by atoms with Crippen LogP contribution in [-0.2, 0) is 9.59 Å². The van der Waals surface area contributed by atoms with Gasteiger partial charge in [0.05, 0.1) is 0 Å². The zero-order valence-corrected chi connectivity index (χ0v) is 14.8. The summed E-state index contributed by atoms with van der Waals surface area (Å²) >= 11 is 11.8. The first-order valence-electron chi connectivity index (χ1n) is 7.57. The Kier molecular flexibility index (Phi) is 4.52. The molecule has 1 fully saturated rings. The Morgan fingerprint density at radius 3 is 1.25 bits per heavy atom. The molecule has 1 heterocycles. The molecule has 2 aromatic rings. The molecule has 0 radical (unpaired) electrons. The van der Waals surface area contributed by atoms with Crippen LogP contribution in [0, 0.1) is 0 Å². The van der Waals surface area contributed by atoms with Crippen molar-refractivity contribution >= 4 is 46.4 Å². The Morgan fingerprint density at radius 1 is 0.667 bits per heavy atom. The van der Waals surface area contributed by atoms with Crippen LogP contribution in [0.5, 0.6) is 0 Å². The summed E-state index contributed by atoms with van der Waals surface area (Å²) in [5.41, 5.74) is 1.32. The average Bonchev–Trinajstić information content (AvgIpc) is 2.57. The molecule has 0 aliphatic carbocycles. The number of piperazine rings is 1. The summed E-state index contributed by atoms with van der Waals surface area (Å²) in [6.45, 7) is 3.45. The van der Waals surface area contributed by atoms with Crippen LogP contribution in [0.25, 0.3) is 0 Å². The second-order valence-electron chi connectivity index (χ2n) is 5.72. The number of hydrogen-bond acceptors (Lipinski definition) is 2. The minimum atomic E-state index is -0.606. The number of amides is 2. The van der Waals surface area contributed by atoms with Crippen molar-refractivity contribution in [3.63, 3.8) is 0 Å². The first kappa shape index (κ1) is 16.8. The SMILES string of the molecule is C[C@@H]1C(=O)N(c2ccc(Cl)cc2)[C@@H](C)C(=O)N1c1ccc(Cl)cc1. The van der Waals surface area contributed by atoms with Gasteiger partial charge in [-0.1, -0.05) is 23.2 Å². The Bertz CT molecular complexity index is 707. The lowest BCUT2D eigenvalue weighted by atomic mass is 10.0. The minimum absolute atomic E-state index is 0.139. The van der Waals surface area contributed by atoms with Gasteiger partial charge >= 0.3 is 0 Å². The summed E-state index contributed by atoms with van der Waals surface area (Å²) in [6, 6.07) is 12.6.